The predicted molar refractivity (Wildman–Crippen MR) is 236 cm³/mol. The Hall–Kier alpha value is -7.31. The van der Waals surface area contributed by atoms with E-state index < -0.39 is 77.3 Å². The number of aliphatic hydroxyl groups is 2. The molecular weight excluding hydrogens is 831 g/mol. The highest BCUT2D eigenvalue weighted by Gasteiger charge is 2.74. The number of nitrogens with zero attached hydrogens (tertiary/aromatic N) is 1. The van der Waals surface area contributed by atoms with Gasteiger partial charge < -0.3 is 39.8 Å². The lowest BCUT2D eigenvalue weighted by atomic mass is 9.65. The van der Waals surface area contributed by atoms with Gasteiger partial charge in [-0.1, -0.05) is 115 Å². The van der Waals surface area contributed by atoms with Gasteiger partial charge in [0.2, 0.25) is 11.8 Å². The second-order valence-corrected chi connectivity index (χ2v) is 15.9. The molecule has 14 heteroatoms. The number of esters is 3. The molecule has 2 amide bonds. The highest BCUT2D eigenvalue weighted by molar-refractivity contribution is 6.12. The molecule has 65 heavy (non-hydrogen) atoms. The molecule has 3 heterocycles. The number of hydrogen-bond acceptors (Lipinski definition) is 12. The molecule has 7 unspecified atom stereocenters. The van der Waals surface area contributed by atoms with Gasteiger partial charge in [0.25, 0.3) is 0 Å². The summed E-state index contributed by atoms with van der Waals surface area (Å²) < 4.78 is 21.8. The SMILES string of the molecule is COC(=O)C(CC#Cc1ccc2c(c1)C1(C(=O)N2)C(C(=O)NCC(O)c2ccccc2)C2C(=O)OC(c3ccccc3)C(c3ccccc3)N2C1c1ccc(OCCO)cc1)C(=O)OC. The minimum Gasteiger partial charge on any atom is -0.491 e. The van der Waals surface area contributed by atoms with Gasteiger partial charge in [-0.25, -0.2) is 0 Å². The quantitative estimate of drug-likeness (QED) is 0.0544. The molecule has 1 spiro atoms. The number of anilines is 1. The van der Waals surface area contributed by atoms with Crippen molar-refractivity contribution in [3.8, 4) is 17.6 Å². The lowest BCUT2D eigenvalue weighted by molar-refractivity contribution is -0.178. The summed E-state index contributed by atoms with van der Waals surface area (Å²) in [5.74, 6) is -0.0120. The molecule has 332 valence electrons. The Balaban J connectivity index is 1.35. The van der Waals surface area contributed by atoms with E-state index in [0.29, 0.717) is 39.3 Å². The Bertz CT molecular complexity index is 2600. The van der Waals surface area contributed by atoms with Gasteiger partial charge in [0.15, 0.2) is 5.92 Å². The highest BCUT2D eigenvalue weighted by atomic mass is 16.6. The molecule has 3 aliphatic rings. The van der Waals surface area contributed by atoms with Crippen LogP contribution in [0.2, 0.25) is 0 Å². The Labute approximate surface area is 375 Å². The zero-order valence-electron chi connectivity index (χ0n) is 35.6. The number of aliphatic hydroxyl groups excluding tert-OH is 2. The van der Waals surface area contributed by atoms with Crippen molar-refractivity contribution >= 4 is 35.4 Å². The third-order valence-electron chi connectivity index (χ3n) is 12.3. The number of carbonyl (C=O) groups excluding carboxylic acids is 5. The van der Waals surface area contributed by atoms with E-state index in [2.05, 4.69) is 22.5 Å². The van der Waals surface area contributed by atoms with Crippen molar-refractivity contribution in [2.24, 2.45) is 11.8 Å². The van der Waals surface area contributed by atoms with Crippen molar-refractivity contribution in [3.63, 3.8) is 0 Å². The van der Waals surface area contributed by atoms with Crippen LogP contribution in [0.5, 0.6) is 5.75 Å². The number of nitrogens with one attached hydrogen (secondary N) is 2. The number of carbonyl (C=O) groups is 5. The molecule has 0 aromatic heterocycles. The molecule has 0 saturated carbocycles. The fourth-order valence-corrected chi connectivity index (χ4v) is 9.48. The number of ether oxygens (including phenoxy) is 4. The molecule has 3 aliphatic heterocycles. The van der Waals surface area contributed by atoms with Gasteiger partial charge in [-0.15, -0.1) is 0 Å². The van der Waals surface area contributed by atoms with Crippen LogP contribution in [0.1, 0.15) is 64.1 Å². The molecule has 2 saturated heterocycles. The van der Waals surface area contributed by atoms with Crippen molar-refractivity contribution < 1.29 is 53.1 Å². The Morgan fingerprint density at radius 2 is 1.45 bits per heavy atom. The molecule has 8 rings (SSSR count). The molecule has 7 atom stereocenters. The third-order valence-corrected chi connectivity index (χ3v) is 12.3. The number of hydrogen-bond donors (Lipinski definition) is 4. The lowest BCUT2D eigenvalue weighted by Gasteiger charge is -2.46. The monoisotopic (exact) mass is 877 g/mol. The van der Waals surface area contributed by atoms with Crippen molar-refractivity contribution in [2.45, 2.75) is 42.2 Å². The first-order valence-corrected chi connectivity index (χ1v) is 21.1. The molecule has 4 N–H and O–H groups in total. The number of methoxy groups -OCH3 is 2. The topological polar surface area (TPSA) is 190 Å². The number of fused-ring (bicyclic) bond motifs is 3. The number of benzene rings is 5. The van der Waals surface area contributed by atoms with Gasteiger partial charge >= 0.3 is 17.9 Å². The summed E-state index contributed by atoms with van der Waals surface area (Å²) in [4.78, 5) is 72.8. The van der Waals surface area contributed by atoms with Crippen molar-refractivity contribution in [2.75, 3.05) is 39.3 Å². The zero-order valence-corrected chi connectivity index (χ0v) is 35.6. The zero-order chi connectivity index (χ0) is 45.7. The fraction of sp³-hybridized carbons (Fsp3) is 0.275. The van der Waals surface area contributed by atoms with Gasteiger partial charge in [0.05, 0.1) is 44.9 Å². The summed E-state index contributed by atoms with van der Waals surface area (Å²) in [5.41, 5.74) is 1.82. The second kappa shape index (κ2) is 19.2. The highest BCUT2D eigenvalue weighted by Crippen LogP contribution is 2.64. The van der Waals surface area contributed by atoms with Crippen LogP contribution in [0.15, 0.2) is 133 Å². The van der Waals surface area contributed by atoms with E-state index in [0.717, 1.165) is 19.8 Å². The Morgan fingerprint density at radius 1 is 0.815 bits per heavy atom. The van der Waals surface area contributed by atoms with Crippen molar-refractivity contribution in [1.82, 2.24) is 10.2 Å². The summed E-state index contributed by atoms with van der Waals surface area (Å²) in [7, 11) is 2.32. The van der Waals surface area contributed by atoms with E-state index in [1.54, 1.807) is 66.7 Å². The maximum absolute atomic E-state index is 15.5. The lowest BCUT2D eigenvalue weighted by Crippen LogP contribution is -2.55. The third kappa shape index (κ3) is 8.33. The van der Waals surface area contributed by atoms with E-state index in [1.807, 2.05) is 71.6 Å². The number of amides is 2. The average Bonchev–Trinajstić information content (AvgIpc) is 3.82. The maximum atomic E-state index is 15.5. The Morgan fingerprint density at radius 3 is 2.08 bits per heavy atom. The van der Waals surface area contributed by atoms with E-state index in [4.69, 9.17) is 18.9 Å². The molecule has 0 radical (unpaired) electrons. The summed E-state index contributed by atoms with van der Waals surface area (Å²) in [6.45, 7) is -0.415. The molecule has 0 aliphatic carbocycles. The van der Waals surface area contributed by atoms with Crippen LogP contribution in [0, 0.1) is 23.7 Å². The maximum Gasteiger partial charge on any atom is 0.324 e. The first kappa shape index (κ1) is 44.3. The molecular formula is C51H47N3O11. The van der Waals surface area contributed by atoms with Crippen LogP contribution in [0.4, 0.5) is 5.69 Å². The standard InChI is InChI=1S/C51H47N3O11/c1-62-47(58)37(48(59)63-2)20-12-13-31-21-26-39-38(29-31)51(50(61)53-39)41(46(57)52-30-40(56)32-14-6-3-7-15-32)43-49(60)65-44(34-18-10-5-11-19-34)42(33-16-8-4-9-17-33)54(43)45(51)35-22-24-36(25-23-35)64-28-27-55/h3-11,14-19,21-26,29,37,40-45,55-56H,20,27-28,30H2,1-2H3,(H,52,57)(H,53,61). The molecule has 5 aromatic rings. The van der Waals surface area contributed by atoms with Crippen molar-refractivity contribution in [3.05, 3.63) is 167 Å². The van der Waals surface area contributed by atoms with E-state index in [1.165, 1.54) is 0 Å². The van der Waals surface area contributed by atoms with Gasteiger partial charge in [-0.3, -0.25) is 28.9 Å². The normalized spacial score (nSPS) is 22.4. The second-order valence-electron chi connectivity index (χ2n) is 15.9. The first-order valence-electron chi connectivity index (χ1n) is 21.1. The van der Waals surface area contributed by atoms with Gasteiger partial charge in [0.1, 0.15) is 29.9 Å². The van der Waals surface area contributed by atoms with Crippen LogP contribution in [-0.4, -0.2) is 84.9 Å². The average molecular weight is 878 g/mol. The Kier molecular flexibility index (Phi) is 13.1. The summed E-state index contributed by atoms with van der Waals surface area (Å²) in [6, 6.07) is 36.4. The van der Waals surface area contributed by atoms with Crippen LogP contribution >= 0.6 is 0 Å². The van der Waals surface area contributed by atoms with E-state index in [-0.39, 0.29) is 26.2 Å². The van der Waals surface area contributed by atoms with Gasteiger partial charge in [-0.05, 0) is 58.1 Å². The van der Waals surface area contributed by atoms with Gasteiger partial charge in [0, 0.05) is 24.2 Å². The fourth-order valence-electron chi connectivity index (χ4n) is 9.48. The van der Waals surface area contributed by atoms with Crippen LogP contribution in [0.3, 0.4) is 0 Å². The van der Waals surface area contributed by atoms with Crippen LogP contribution in [0.25, 0.3) is 0 Å². The molecule has 5 aromatic carbocycles. The number of cyclic esters (lactones) is 1. The smallest absolute Gasteiger partial charge is 0.324 e. The minimum absolute atomic E-state index is 0.0399. The van der Waals surface area contributed by atoms with Crippen LogP contribution in [-0.2, 0) is 43.6 Å². The predicted octanol–water partition coefficient (Wildman–Crippen LogP) is 4.88. The summed E-state index contributed by atoms with van der Waals surface area (Å²) >= 11 is 0. The minimum atomic E-state index is -1.87. The van der Waals surface area contributed by atoms with Crippen molar-refractivity contribution in [1.29, 1.82) is 0 Å². The van der Waals surface area contributed by atoms with E-state index >= 15 is 14.4 Å². The largest absolute Gasteiger partial charge is 0.491 e. The number of rotatable bonds is 13. The molecule has 2 fully saturated rings. The summed E-state index contributed by atoms with van der Waals surface area (Å²) in [6.07, 6.45) is -2.25. The summed E-state index contributed by atoms with van der Waals surface area (Å²) in [5, 5.41) is 26.8. The molecule has 0 bridgehead atoms. The van der Waals surface area contributed by atoms with Crippen LogP contribution < -0.4 is 15.4 Å². The van der Waals surface area contributed by atoms with E-state index in [9.17, 15) is 19.8 Å². The molecule has 14 nitrogen and oxygen atoms in total. The number of morpholine rings is 1. The first-order chi connectivity index (χ1) is 31.6. The van der Waals surface area contributed by atoms with Gasteiger partial charge in [-0.2, -0.15) is 0 Å².